The van der Waals surface area contributed by atoms with Crippen LogP contribution in [0.4, 0.5) is 0 Å². The van der Waals surface area contributed by atoms with Crippen molar-refractivity contribution in [3.8, 4) is 5.75 Å². The fourth-order valence-electron chi connectivity index (χ4n) is 2.14. The van der Waals surface area contributed by atoms with Gasteiger partial charge in [0.25, 0.3) is 0 Å². The summed E-state index contributed by atoms with van der Waals surface area (Å²) in [6.07, 6.45) is 10.2. The lowest BCUT2D eigenvalue weighted by Gasteiger charge is -2.07. The second kappa shape index (κ2) is 11.2. The number of benzene rings is 1. The van der Waals surface area contributed by atoms with Crippen LogP contribution in [0.3, 0.4) is 0 Å². The summed E-state index contributed by atoms with van der Waals surface area (Å²) in [4.78, 5) is 0. The van der Waals surface area contributed by atoms with E-state index in [0.29, 0.717) is 0 Å². The van der Waals surface area contributed by atoms with Crippen LogP contribution in [0.2, 0.25) is 0 Å². The summed E-state index contributed by atoms with van der Waals surface area (Å²) < 4.78 is 5.78. The van der Waals surface area contributed by atoms with Crippen molar-refractivity contribution in [2.45, 2.75) is 58.3 Å². The summed E-state index contributed by atoms with van der Waals surface area (Å²) >= 11 is 4.22. The third-order valence-electron chi connectivity index (χ3n) is 3.38. The quantitative estimate of drug-likeness (QED) is 0.428. The molecule has 0 aliphatic carbocycles. The lowest BCUT2D eigenvalue weighted by molar-refractivity contribution is 0.304. The minimum absolute atomic E-state index is 0.851. The Hall–Kier alpha value is -0.630. The molecule has 0 saturated carbocycles. The molecule has 0 spiro atoms. The first kappa shape index (κ1) is 16.4. The van der Waals surface area contributed by atoms with E-state index in [9.17, 15) is 0 Å². The van der Waals surface area contributed by atoms with Crippen LogP contribution in [0, 0.1) is 0 Å². The molecular weight excluding hydrogens is 252 g/mol. The Morgan fingerprint density at radius 2 is 1.63 bits per heavy atom. The molecule has 2 heteroatoms. The van der Waals surface area contributed by atoms with Crippen molar-refractivity contribution in [2.75, 3.05) is 12.4 Å². The predicted molar refractivity (Wildman–Crippen MR) is 87.5 cm³/mol. The molecule has 0 fully saturated rings. The molecule has 0 bridgehead atoms. The summed E-state index contributed by atoms with van der Waals surface area (Å²) in [7, 11) is 0. The fourth-order valence-corrected chi connectivity index (χ4v) is 2.37. The molecule has 108 valence electrons. The zero-order valence-corrected chi connectivity index (χ0v) is 13.1. The Morgan fingerprint density at radius 1 is 0.947 bits per heavy atom. The summed E-state index contributed by atoms with van der Waals surface area (Å²) in [5.74, 6) is 2.05. The van der Waals surface area contributed by atoms with Crippen LogP contribution in [0.5, 0.6) is 5.75 Å². The van der Waals surface area contributed by atoms with E-state index in [4.69, 9.17) is 4.74 Å². The summed E-state index contributed by atoms with van der Waals surface area (Å²) in [5.41, 5.74) is 1.35. The van der Waals surface area contributed by atoms with Crippen molar-refractivity contribution in [1.82, 2.24) is 0 Å². The second-order valence-electron chi connectivity index (χ2n) is 5.05. The molecule has 0 radical (unpaired) electrons. The van der Waals surface area contributed by atoms with Gasteiger partial charge in [0.05, 0.1) is 6.61 Å². The molecule has 1 aromatic carbocycles. The first-order valence-electron chi connectivity index (χ1n) is 7.69. The van der Waals surface area contributed by atoms with Gasteiger partial charge >= 0.3 is 0 Å². The molecule has 0 atom stereocenters. The molecule has 0 amide bonds. The highest BCUT2D eigenvalue weighted by Gasteiger charge is 1.96. The van der Waals surface area contributed by atoms with Crippen LogP contribution in [-0.4, -0.2) is 12.4 Å². The molecule has 1 nitrogen and oxygen atoms in total. The van der Waals surface area contributed by atoms with Crippen LogP contribution in [-0.2, 0) is 6.42 Å². The molecule has 0 aromatic heterocycles. The number of thiol groups is 1. The average Bonchev–Trinajstić information content (AvgIpc) is 2.46. The van der Waals surface area contributed by atoms with Gasteiger partial charge in [-0.3, -0.25) is 0 Å². The molecule has 0 unspecified atom stereocenters. The lowest BCUT2D eigenvalue weighted by atomic mass is 10.1. The lowest BCUT2D eigenvalue weighted by Crippen LogP contribution is -1.97. The minimum Gasteiger partial charge on any atom is -0.494 e. The van der Waals surface area contributed by atoms with E-state index in [1.165, 1.54) is 50.5 Å². The molecule has 0 aliphatic heterocycles. The third kappa shape index (κ3) is 8.20. The van der Waals surface area contributed by atoms with Gasteiger partial charge in [-0.15, -0.1) is 0 Å². The number of ether oxygens (including phenoxy) is 1. The Bertz CT molecular complexity index is 325. The highest BCUT2D eigenvalue weighted by Crippen LogP contribution is 2.14. The largest absolute Gasteiger partial charge is 0.494 e. The van der Waals surface area contributed by atoms with Crippen LogP contribution < -0.4 is 4.74 Å². The Kier molecular flexibility index (Phi) is 9.70. The van der Waals surface area contributed by atoms with E-state index in [1.54, 1.807) is 0 Å². The van der Waals surface area contributed by atoms with Gasteiger partial charge in [0, 0.05) is 0 Å². The first-order valence-corrected chi connectivity index (χ1v) is 8.32. The zero-order valence-electron chi connectivity index (χ0n) is 12.2. The monoisotopic (exact) mass is 280 g/mol. The maximum absolute atomic E-state index is 5.78. The first-order chi connectivity index (χ1) is 9.36. The maximum Gasteiger partial charge on any atom is 0.119 e. The van der Waals surface area contributed by atoms with Crippen LogP contribution in [0.1, 0.15) is 57.4 Å². The second-order valence-corrected chi connectivity index (χ2v) is 5.50. The van der Waals surface area contributed by atoms with Crippen molar-refractivity contribution in [3.05, 3.63) is 29.8 Å². The van der Waals surface area contributed by atoms with Crippen molar-refractivity contribution in [1.29, 1.82) is 0 Å². The van der Waals surface area contributed by atoms with Crippen molar-refractivity contribution in [2.24, 2.45) is 0 Å². The zero-order chi connectivity index (χ0) is 13.8. The molecule has 1 rings (SSSR count). The average molecular weight is 280 g/mol. The van der Waals surface area contributed by atoms with Crippen LogP contribution in [0.15, 0.2) is 24.3 Å². The standard InChI is InChI=1S/C17H28OS/c1-2-16-11-10-12-17(15-16)18-13-8-6-4-3-5-7-9-14-19/h10-12,15,19H,2-9,13-14H2,1H3. The van der Waals surface area contributed by atoms with E-state index < -0.39 is 0 Å². The molecule has 0 saturated heterocycles. The summed E-state index contributed by atoms with van der Waals surface area (Å²) in [5, 5.41) is 0. The number of hydrogen-bond acceptors (Lipinski definition) is 2. The van der Waals surface area contributed by atoms with Crippen molar-refractivity contribution in [3.63, 3.8) is 0 Å². The van der Waals surface area contributed by atoms with Gasteiger partial charge in [0.1, 0.15) is 5.75 Å². The van der Waals surface area contributed by atoms with Gasteiger partial charge in [0.2, 0.25) is 0 Å². The van der Waals surface area contributed by atoms with Gasteiger partial charge < -0.3 is 4.74 Å². The molecule has 0 aliphatic rings. The maximum atomic E-state index is 5.78. The van der Waals surface area contributed by atoms with E-state index in [1.807, 2.05) is 0 Å². The third-order valence-corrected chi connectivity index (χ3v) is 3.69. The number of hydrogen-bond donors (Lipinski definition) is 1. The molecule has 1 aromatic rings. The Morgan fingerprint density at radius 3 is 2.32 bits per heavy atom. The van der Waals surface area contributed by atoms with Crippen molar-refractivity contribution < 1.29 is 4.74 Å². The van der Waals surface area contributed by atoms with E-state index in [0.717, 1.165) is 24.5 Å². The highest BCUT2D eigenvalue weighted by molar-refractivity contribution is 7.80. The van der Waals surface area contributed by atoms with Crippen LogP contribution >= 0.6 is 12.6 Å². The van der Waals surface area contributed by atoms with Gasteiger partial charge in [-0.1, -0.05) is 51.2 Å². The SMILES string of the molecule is CCc1cccc(OCCCCCCCCCS)c1. The number of unbranched alkanes of at least 4 members (excludes halogenated alkanes) is 6. The van der Waals surface area contributed by atoms with Crippen LogP contribution in [0.25, 0.3) is 0 Å². The minimum atomic E-state index is 0.851. The smallest absolute Gasteiger partial charge is 0.119 e. The molecule has 19 heavy (non-hydrogen) atoms. The highest BCUT2D eigenvalue weighted by atomic mass is 32.1. The Labute approximate surface area is 124 Å². The normalized spacial score (nSPS) is 10.6. The van der Waals surface area contributed by atoms with Gasteiger partial charge in [-0.2, -0.15) is 12.6 Å². The molecule has 0 heterocycles. The van der Waals surface area contributed by atoms with Gasteiger partial charge in [0.15, 0.2) is 0 Å². The predicted octanol–water partition coefficient (Wildman–Crippen LogP) is 5.29. The van der Waals surface area contributed by atoms with E-state index >= 15 is 0 Å². The molecule has 0 N–H and O–H groups in total. The topological polar surface area (TPSA) is 9.23 Å². The Balaban J connectivity index is 1.98. The van der Waals surface area contributed by atoms with Gasteiger partial charge in [-0.05, 0) is 42.7 Å². The fraction of sp³-hybridized carbons (Fsp3) is 0.647. The summed E-state index contributed by atoms with van der Waals surface area (Å²) in [6.45, 7) is 3.02. The van der Waals surface area contributed by atoms with Crippen molar-refractivity contribution >= 4 is 12.6 Å². The van der Waals surface area contributed by atoms with E-state index in [-0.39, 0.29) is 0 Å². The molecular formula is C17H28OS. The number of rotatable bonds is 11. The van der Waals surface area contributed by atoms with Gasteiger partial charge in [-0.25, -0.2) is 0 Å². The van der Waals surface area contributed by atoms with E-state index in [2.05, 4.69) is 43.8 Å². The summed E-state index contributed by atoms with van der Waals surface area (Å²) in [6, 6.07) is 8.43. The number of aryl methyl sites for hydroxylation is 1.